The summed E-state index contributed by atoms with van der Waals surface area (Å²) in [6, 6.07) is 7.66. The van der Waals surface area contributed by atoms with Gasteiger partial charge in [0.2, 0.25) is 0 Å². The zero-order chi connectivity index (χ0) is 14.8. The van der Waals surface area contributed by atoms with Gasteiger partial charge in [0, 0.05) is 4.88 Å². The molecule has 1 aliphatic carbocycles. The van der Waals surface area contributed by atoms with Gasteiger partial charge in [-0.3, -0.25) is 4.79 Å². The number of carboxylic acid groups (broad SMARTS) is 1. The van der Waals surface area contributed by atoms with E-state index in [1.807, 2.05) is 31.2 Å². The van der Waals surface area contributed by atoms with E-state index in [1.165, 1.54) is 11.3 Å². The van der Waals surface area contributed by atoms with Gasteiger partial charge in [-0.2, -0.15) is 0 Å². The van der Waals surface area contributed by atoms with Crippen LogP contribution in [0.15, 0.2) is 24.3 Å². The highest BCUT2D eigenvalue weighted by Crippen LogP contribution is 2.40. The van der Waals surface area contributed by atoms with E-state index in [9.17, 15) is 9.90 Å². The molecule has 6 heteroatoms. The van der Waals surface area contributed by atoms with Crippen LogP contribution >= 0.6 is 11.3 Å². The fourth-order valence-corrected chi connectivity index (χ4v) is 3.54. The van der Waals surface area contributed by atoms with E-state index in [2.05, 4.69) is 10.3 Å². The Labute approximate surface area is 126 Å². The minimum atomic E-state index is -0.791. The Morgan fingerprint density at radius 3 is 3.10 bits per heavy atom. The van der Waals surface area contributed by atoms with Gasteiger partial charge in [-0.25, -0.2) is 4.98 Å². The van der Waals surface area contributed by atoms with E-state index in [0.717, 1.165) is 27.9 Å². The van der Waals surface area contributed by atoms with Crippen LogP contribution in [0, 0.1) is 0 Å². The number of carboxylic acids is 1. The molecule has 2 aromatic rings. The van der Waals surface area contributed by atoms with Crippen molar-refractivity contribution in [2.45, 2.75) is 25.7 Å². The minimum absolute atomic E-state index is 0.464. The number of fused-ring (bicyclic) bond motifs is 1. The molecule has 5 nitrogen and oxygen atoms in total. The maximum Gasteiger partial charge on any atom is 0.312 e. The van der Waals surface area contributed by atoms with E-state index < -0.39 is 11.9 Å². The smallest absolute Gasteiger partial charge is 0.312 e. The number of ether oxygens (including phenoxy) is 1. The molecular weight excluding hydrogens is 288 g/mol. The first kappa shape index (κ1) is 13.9. The summed E-state index contributed by atoms with van der Waals surface area (Å²) in [5.41, 5.74) is 1.56. The Morgan fingerprint density at radius 1 is 1.52 bits per heavy atom. The molecule has 0 amide bonds. The Kier molecular flexibility index (Phi) is 3.79. The third-order valence-electron chi connectivity index (χ3n) is 3.44. The van der Waals surface area contributed by atoms with Crippen LogP contribution in [0.4, 0.5) is 10.8 Å². The monoisotopic (exact) mass is 304 g/mol. The average molecular weight is 304 g/mol. The fourth-order valence-electron chi connectivity index (χ4n) is 2.49. The number of benzene rings is 1. The molecule has 0 bridgehead atoms. The van der Waals surface area contributed by atoms with Crippen molar-refractivity contribution in [2.75, 3.05) is 11.9 Å². The highest BCUT2D eigenvalue weighted by Gasteiger charge is 2.32. The molecule has 1 unspecified atom stereocenters. The molecule has 1 heterocycles. The van der Waals surface area contributed by atoms with Crippen molar-refractivity contribution in [2.24, 2.45) is 0 Å². The summed E-state index contributed by atoms with van der Waals surface area (Å²) < 4.78 is 5.57. The fraction of sp³-hybridized carbons (Fsp3) is 0.333. The number of hydrogen-bond donors (Lipinski definition) is 2. The topological polar surface area (TPSA) is 71.5 Å². The number of thiazole rings is 1. The minimum Gasteiger partial charge on any atom is -0.492 e. The van der Waals surface area contributed by atoms with Crippen LogP contribution in [0.2, 0.25) is 0 Å². The van der Waals surface area contributed by atoms with Crippen LogP contribution in [-0.4, -0.2) is 22.7 Å². The molecule has 0 fully saturated rings. The molecule has 0 aliphatic heterocycles. The molecule has 3 rings (SSSR count). The molecule has 110 valence electrons. The summed E-state index contributed by atoms with van der Waals surface area (Å²) in [5.74, 6) is -0.487. The van der Waals surface area contributed by atoms with E-state index in [-0.39, 0.29) is 0 Å². The van der Waals surface area contributed by atoms with Crippen LogP contribution in [0.1, 0.15) is 29.8 Å². The molecule has 1 aromatic heterocycles. The lowest BCUT2D eigenvalue weighted by molar-refractivity contribution is -0.138. The molecular formula is C15H16N2O3S. The zero-order valence-electron chi connectivity index (χ0n) is 11.6. The number of nitrogens with zero attached hydrogens (tertiary/aromatic N) is 1. The molecule has 0 spiro atoms. The summed E-state index contributed by atoms with van der Waals surface area (Å²) >= 11 is 1.52. The molecule has 1 aliphatic rings. The van der Waals surface area contributed by atoms with E-state index in [1.54, 1.807) is 0 Å². The van der Waals surface area contributed by atoms with Gasteiger partial charge in [-0.05, 0) is 31.9 Å². The maximum absolute atomic E-state index is 11.2. The lowest BCUT2D eigenvalue weighted by Crippen LogP contribution is -2.08. The number of rotatable bonds is 5. The average Bonchev–Trinajstić information content (AvgIpc) is 3.00. The van der Waals surface area contributed by atoms with Gasteiger partial charge in [0.1, 0.15) is 11.7 Å². The Hall–Kier alpha value is -2.08. The van der Waals surface area contributed by atoms with Gasteiger partial charge >= 0.3 is 5.97 Å². The van der Waals surface area contributed by atoms with Crippen molar-refractivity contribution in [3.05, 3.63) is 34.8 Å². The standard InChI is InChI=1S/C15H16N2O3S/c1-2-20-11-6-4-3-5-10(11)16-15-17-13-9(14(18)19)7-8-12(13)21-15/h3-6,9H,2,7-8H2,1H3,(H,16,17)(H,18,19). The molecule has 0 radical (unpaired) electrons. The van der Waals surface area contributed by atoms with Crippen molar-refractivity contribution in [1.29, 1.82) is 0 Å². The first-order chi connectivity index (χ1) is 10.2. The lowest BCUT2D eigenvalue weighted by Gasteiger charge is -2.10. The van der Waals surface area contributed by atoms with Gasteiger partial charge in [0.15, 0.2) is 5.13 Å². The van der Waals surface area contributed by atoms with Gasteiger partial charge in [0.25, 0.3) is 0 Å². The van der Waals surface area contributed by atoms with Gasteiger partial charge in [-0.1, -0.05) is 12.1 Å². The number of carbonyl (C=O) groups is 1. The highest BCUT2D eigenvalue weighted by molar-refractivity contribution is 7.15. The number of anilines is 2. The third kappa shape index (κ3) is 2.71. The van der Waals surface area contributed by atoms with Crippen LogP contribution in [0.5, 0.6) is 5.75 Å². The van der Waals surface area contributed by atoms with Crippen molar-refractivity contribution in [3.63, 3.8) is 0 Å². The summed E-state index contributed by atoms with van der Waals surface area (Å²) in [6.45, 7) is 2.53. The molecule has 1 aromatic carbocycles. The first-order valence-corrected chi connectivity index (χ1v) is 7.72. The molecule has 0 saturated heterocycles. The summed E-state index contributed by atoms with van der Waals surface area (Å²) in [7, 11) is 0. The van der Waals surface area contributed by atoms with Crippen molar-refractivity contribution < 1.29 is 14.6 Å². The Balaban J connectivity index is 1.84. The van der Waals surface area contributed by atoms with Gasteiger partial charge in [-0.15, -0.1) is 11.3 Å². The predicted molar refractivity (Wildman–Crippen MR) is 81.7 cm³/mol. The number of para-hydroxylation sites is 2. The van der Waals surface area contributed by atoms with Crippen LogP contribution < -0.4 is 10.1 Å². The second-order valence-corrected chi connectivity index (χ2v) is 5.89. The number of aryl methyl sites for hydroxylation is 1. The van der Waals surface area contributed by atoms with Crippen LogP contribution in [0.3, 0.4) is 0 Å². The van der Waals surface area contributed by atoms with Crippen molar-refractivity contribution in [3.8, 4) is 5.75 Å². The zero-order valence-corrected chi connectivity index (χ0v) is 12.4. The molecule has 21 heavy (non-hydrogen) atoms. The van der Waals surface area contributed by atoms with Crippen molar-refractivity contribution in [1.82, 2.24) is 4.98 Å². The largest absolute Gasteiger partial charge is 0.492 e. The Morgan fingerprint density at radius 2 is 2.33 bits per heavy atom. The van der Waals surface area contributed by atoms with Crippen LogP contribution in [0.25, 0.3) is 0 Å². The van der Waals surface area contributed by atoms with E-state index >= 15 is 0 Å². The third-order valence-corrected chi connectivity index (χ3v) is 4.49. The number of aromatic nitrogens is 1. The predicted octanol–water partition coefficient (Wildman–Crippen LogP) is 3.40. The maximum atomic E-state index is 11.2. The van der Waals surface area contributed by atoms with Crippen LogP contribution in [-0.2, 0) is 11.2 Å². The Bertz CT molecular complexity index is 669. The van der Waals surface area contributed by atoms with E-state index in [4.69, 9.17) is 4.74 Å². The SMILES string of the molecule is CCOc1ccccc1Nc1nc2c(s1)CCC2C(=O)O. The number of aliphatic carboxylic acids is 1. The summed E-state index contributed by atoms with van der Waals surface area (Å²) in [6.07, 6.45) is 1.44. The quantitative estimate of drug-likeness (QED) is 0.886. The number of nitrogens with one attached hydrogen (secondary N) is 1. The number of hydrogen-bond acceptors (Lipinski definition) is 5. The second-order valence-electron chi connectivity index (χ2n) is 4.81. The van der Waals surface area contributed by atoms with E-state index in [0.29, 0.717) is 18.7 Å². The summed E-state index contributed by atoms with van der Waals surface area (Å²) in [5, 5.41) is 13.2. The molecule has 1 atom stereocenters. The molecule has 2 N–H and O–H groups in total. The summed E-state index contributed by atoms with van der Waals surface area (Å²) in [4.78, 5) is 16.7. The van der Waals surface area contributed by atoms with Gasteiger partial charge in [0.05, 0.1) is 18.0 Å². The lowest BCUT2D eigenvalue weighted by atomic mass is 10.1. The molecule has 0 saturated carbocycles. The normalized spacial score (nSPS) is 16.5. The van der Waals surface area contributed by atoms with Crippen molar-refractivity contribution >= 4 is 28.1 Å². The second kappa shape index (κ2) is 5.73. The van der Waals surface area contributed by atoms with Gasteiger partial charge < -0.3 is 15.2 Å². The first-order valence-electron chi connectivity index (χ1n) is 6.90. The highest BCUT2D eigenvalue weighted by atomic mass is 32.1.